The molecule has 1 rings (SSSR count). The van der Waals surface area contributed by atoms with Gasteiger partial charge in [0.1, 0.15) is 11.6 Å². The standard InChI is InChI=1S/C10H19N3O3/c1-7(8(14)13(2)3)12-9(15)10(11)4-5-16-6-10/h7H,4-6,11H2,1-3H3,(H,12,15). The molecule has 0 aromatic heterocycles. The van der Waals surface area contributed by atoms with Crippen LogP contribution in [0.4, 0.5) is 0 Å². The van der Waals surface area contributed by atoms with E-state index in [1.54, 1.807) is 21.0 Å². The van der Waals surface area contributed by atoms with Crippen LogP contribution >= 0.6 is 0 Å². The van der Waals surface area contributed by atoms with Crippen molar-refractivity contribution in [2.75, 3.05) is 27.3 Å². The van der Waals surface area contributed by atoms with Gasteiger partial charge in [0.2, 0.25) is 11.8 Å². The Bertz CT molecular complexity index is 285. The fraction of sp³-hybridized carbons (Fsp3) is 0.800. The molecule has 0 aromatic carbocycles. The van der Waals surface area contributed by atoms with E-state index in [-0.39, 0.29) is 18.4 Å². The Kier molecular flexibility index (Phi) is 3.88. The second-order valence-corrected chi connectivity index (χ2v) is 4.39. The number of likely N-dealkylation sites (N-methyl/N-ethyl adjacent to an activating group) is 1. The molecule has 16 heavy (non-hydrogen) atoms. The third kappa shape index (κ3) is 2.70. The van der Waals surface area contributed by atoms with Gasteiger partial charge in [-0.3, -0.25) is 9.59 Å². The van der Waals surface area contributed by atoms with Crippen LogP contribution in [0.3, 0.4) is 0 Å². The van der Waals surface area contributed by atoms with Crippen molar-refractivity contribution >= 4 is 11.8 Å². The van der Waals surface area contributed by atoms with Crippen LogP contribution in [0.15, 0.2) is 0 Å². The van der Waals surface area contributed by atoms with Gasteiger partial charge >= 0.3 is 0 Å². The number of ether oxygens (including phenoxy) is 1. The molecule has 0 aliphatic carbocycles. The maximum Gasteiger partial charge on any atom is 0.244 e. The molecule has 1 heterocycles. The van der Waals surface area contributed by atoms with Gasteiger partial charge in [-0.2, -0.15) is 0 Å². The highest BCUT2D eigenvalue weighted by atomic mass is 16.5. The molecule has 1 saturated heterocycles. The Balaban J connectivity index is 2.54. The van der Waals surface area contributed by atoms with Gasteiger partial charge in [0.25, 0.3) is 0 Å². The lowest BCUT2D eigenvalue weighted by Crippen LogP contribution is -2.58. The van der Waals surface area contributed by atoms with Crippen LogP contribution in [0.2, 0.25) is 0 Å². The van der Waals surface area contributed by atoms with Crippen LogP contribution in [-0.2, 0) is 14.3 Å². The molecule has 1 aliphatic heterocycles. The van der Waals surface area contributed by atoms with Crippen molar-refractivity contribution in [3.63, 3.8) is 0 Å². The summed E-state index contributed by atoms with van der Waals surface area (Å²) in [5.74, 6) is -0.483. The lowest BCUT2D eigenvalue weighted by atomic mass is 9.99. The SMILES string of the molecule is CC(NC(=O)C1(N)CCOC1)C(=O)N(C)C. The molecule has 2 amide bonds. The summed E-state index contributed by atoms with van der Waals surface area (Å²) in [5.41, 5.74) is 4.88. The van der Waals surface area contributed by atoms with Crippen LogP contribution in [0, 0.1) is 0 Å². The van der Waals surface area contributed by atoms with E-state index in [2.05, 4.69) is 5.32 Å². The van der Waals surface area contributed by atoms with Gasteiger partial charge in [-0.15, -0.1) is 0 Å². The Morgan fingerprint density at radius 2 is 2.12 bits per heavy atom. The van der Waals surface area contributed by atoms with Gasteiger partial charge in [-0.25, -0.2) is 0 Å². The molecule has 0 saturated carbocycles. The fourth-order valence-corrected chi connectivity index (χ4v) is 1.55. The second kappa shape index (κ2) is 4.80. The summed E-state index contributed by atoms with van der Waals surface area (Å²) in [5, 5.41) is 2.61. The smallest absolute Gasteiger partial charge is 0.244 e. The minimum atomic E-state index is -0.985. The molecule has 0 spiro atoms. The number of carbonyl (C=O) groups is 2. The number of amides is 2. The number of nitrogens with two attached hydrogens (primary N) is 1. The number of hydrogen-bond donors (Lipinski definition) is 2. The van der Waals surface area contributed by atoms with E-state index in [9.17, 15) is 9.59 Å². The summed E-state index contributed by atoms with van der Waals surface area (Å²) in [6, 6.07) is -0.566. The number of nitrogens with zero attached hydrogens (tertiary/aromatic N) is 1. The zero-order valence-corrected chi connectivity index (χ0v) is 9.95. The maximum atomic E-state index is 11.8. The molecule has 1 aliphatic rings. The number of nitrogens with one attached hydrogen (secondary N) is 1. The second-order valence-electron chi connectivity index (χ2n) is 4.39. The van der Waals surface area contributed by atoms with Crippen LogP contribution < -0.4 is 11.1 Å². The summed E-state index contributed by atoms with van der Waals surface area (Å²) in [6.45, 7) is 2.33. The van der Waals surface area contributed by atoms with E-state index < -0.39 is 11.6 Å². The van der Waals surface area contributed by atoms with E-state index >= 15 is 0 Å². The highest BCUT2D eigenvalue weighted by Crippen LogP contribution is 2.15. The summed E-state index contributed by atoms with van der Waals surface area (Å²) in [7, 11) is 3.28. The van der Waals surface area contributed by atoms with Crippen molar-refractivity contribution in [1.82, 2.24) is 10.2 Å². The van der Waals surface area contributed by atoms with E-state index in [4.69, 9.17) is 10.5 Å². The largest absolute Gasteiger partial charge is 0.379 e. The zero-order chi connectivity index (χ0) is 12.3. The first-order chi connectivity index (χ1) is 7.37. The van der Waals surface area contributed by atoms with E-state index in [1.807, 2.05) is 0 Å². The molecule has 6 nitrogen and oxygen atoms in total. The van der Waals surface area contributed by atoms with Crippen molar-refractivity contribution in [3.05, 3.63) is 0 Å². The van der Waals surface area contributed by atoms with Gasteiger partial charge in [0.05, 0.1) is 6.61 Å². The van der Waals surface area contributed by atoms with Crippen LogP contribution in [0.25, 0.3) is 0 Å². The molecule has 0 bridgehead atoms. The van der Waals surface area contributed by atoms with Crippen molar-refractivity contribution in [1.29, 1.82) is 0 Å². The monoisotopic (exact) mass is 229 g/mol. The molecular formula is C10H19N3O3. The lowest BCUT2D eigenvalue weighted by molar-refractivity contribution is -0.135. The first-order valence-corrected chi connectivity index (χ1v) is 5.25. The minimum Gasteiger partial charge on any atom is -0.379 e. The summed E-state index contributed by atoms with van der Waals surface area (Å²) in [6.07, 6.45) is 0.488. The average molecular weight is 229 g/mol. The fourth-order valence-electron chi connectivity index (χ4n) is 1.55. The highest BCUT2D eigenvalue weighted by Gasteiger charge is 2.39. The van der Waals surface area contributed by atoms with Crippen molar-refractivity contribution in [2.24, 2.45) is 5.73 Å². The first-order valence-electron chi connectivity index (χ1n) is 5.25. The molecule has 92 valence electrons. The topological polar surface area (TPSA) is 84.7 Å². The van der Waals surface area contributed by atoms with Gasteiger partial charge in [-0.05, 0) is 13.3 Å². The minimum absolute atomic E-state index is 0.157. The Hall–Kier alpha value is -1.14. The van der Waals surface area contributed by atoms with Crippen LogP contribution in [-0.4, -0.2) is 55.6 Å². The zero-order valence-electron chi connectivity index (χ0n) is 9.95. The summed E-state index contributed by atoms with van der Waals surface area (Å²) >= 11 is 0. The molecule has 0 aromatic rings. The highest BCUT2D eigenvalue weighted by molar-refractivity contribution is 5.91. The normalized spacial score (nSPS) is 26.2. The van der Waals surface area contributed by atoms with Crippen LogP contribution in [0.1, 0.15) is 13.3 Å². The third-order valence-electron chi connectivity index (χ3n) is 2.66. The third-order valence-corrected chi connectivity index (χ3v) is 2.66. The summed E-state index contributed by atoms with van der Waals surface area (Å²) in [4.78, 5) is 24.8. The van der Waals surface area contributed by atoms with Crippen molar-refractivity contribution in [2.45, 2.75) is 24.9 Å². The number of rotatable bonds is 3. The molecule has 3 N–H and O–H groups in total. The average Bonchev–Trinajstić information content (AvgIpc) is 2.65. The number of carbonyl (C=O) groups excluding carboxylic acids is 2. The molecular weight excluding hydrogens is 210 g/mol. The van der Waals surface area contributed by atoms with Gasteiger partial charge in [-0.1, -0.05) is 0 Å². The Morgan fingerprint density at radius 3 is 2.56 bits per heavy atom. The molecule has 2 atom stereocenters. The van der Waals surface area contributed by atoms with E-state index in [1.165, 1.54) is 4.90 Å². The molecule has 1 fully saturated rings. The number of hydrogen-bond acceptors (Lipinski definition) is 4. The maximum absolute atomic E-state index is 11.8. The Labute approximate surface area is 95.1 Å². The summed E-state index contributed by atoms with van der Waals surface area (Å²) < 4.78 is 5.09. The van der Waals surface area contributed by atoms with Gasteiger partial charge < -0.3 is 20.7 Å². The van der Waals surface area contributed by atoms with Crippen molar-refractivity contribution in [3.8, 4) is 0 Å². The van der Waals surface area contributed by atoms with Gasteiger partial charge in [0.15, 0.2) is 0 Å². The van der Waals surface area contributed by atoms with E-state index in [0.29, 0.717) is 13.0 Å². The lowest BCUT2D eigenvalue weighted by Gasteiger charge is -2.24. The Morgan fingerprint density at radius 1 is 1.50 bits per heavy atom. The predicted molar refractivity (Wildman–Crippen MR) is 58.7 cm³/mol. The van der Waals surface area contributed by atoms with E-state index in [0.717, 1.165) is 0 Å². The predicted octanol–water partition coefficient (Wildman–Crippen LogP) is -1.30. The van der Waals surface area contributed by atoms with Gasteiger partial charge in [0, 0.05) is 20.7 Å². The first kappa shape index (κ1) is 12.9. The molecule has 0 radical (unpaired) electrons. The van der Waals surface area contributed by atoms with Crippen LogP contribution in [0.5, 0.6) is 0 Å². The molecule has 2 unspecified atom stereocenters. The molecule has 6 heteroatoms. The van der Waals surface area contributed by atoms with Crippen molar-refractivity contribution < 1.29 is 14.3 Å². The quantitative estimate of drug-likeness (QED) is 0.630.